The van der Waals surface area contributed by atoms with E-state index in [0.717, 1.165) is 24.0 Å². The van der Waals surface area contributed by atoms with Crippen molar-refractivity contribution in [3.8, 4) is 0 Å². The minimum atomic E-state index is -0.252. The molecule has 3 aromatic rings. The summed E-state index contributed by atoms with van der Waals surface area (Å²) in [5.74, 6) is 0.297. The molecule has 2 aromatic carbocycles. The summed E-state index contributed by atoms with van der Waals surface area (Å²) in [6, 6.07) is 14.8. The van der Waals surface area contributed by atoms with Crippen molar-refractivity contribution >= 4 is 34.5 Å². The predicted octanol–water partition coefficient (Wildman–Crippen LogP) is 4.35. The van der Waals surface area contributed by atoms with E-state index in [1.54, 1.807) is 24.3 Å². The minimum absolute atomic E-state index is 0.252. The molecule has 1 amide bonds. The topological polar surface area (TPSA) is 46.9 Å². The molecule has 0 aliphatic heterocycles. The van der Waals surface area contributed by atoms with Crippen LogP contribution in [0.5, 0.6) is 0 Å². The van der Waals surface area contributed by atoms with Crippen LogP contribution in [0.25, 0.3) is 11.0 Å². The van der Waals surface area contributed by atoms with Gasteiger partial charge in [-0.15, -0.1) is 0 Å². The third-order valence-electron chi connectivity index (χ3n) is 3.45. The zero-order valence-corrected chi connectivity index (χ0v) is 13.0. The Kier molecular flexibility index (Phi) is 4.11. The van der Waals surface area contributed by atoms with Gasteiger partial charge in [0.05, 0.1) is 21.6 Å². The average Bonchev–Trinajstić information content (AvgIpc) is 2.86. The number of hydrogen-bond donors (Lipinski definition) is 1. The van der Waals surface area contributed by atoms with Crippen molar-refractivity contribution < 1.29 is 4.79 Å². The molecule has 0 spiro atoms. The summed E-state index contributed by atoms with van der Waals surface area (Å²) in [5.41, 5.74) is 2.32. The van der Waals surface area contributed by atoms with Gasteiger partial charge in [0.15, 0.2) is 0 Å². The SMILES string of the molecule is CCCn1c(NC(=O)c2ccccc2Cl)nc2ccccc21. The van der Waals surface area contributed by atoms with Gasteiger partial charge in [0.1, 0.15) is 0 Å². The fourth-order valence-electron chi connectivity index (χ4n) is 2.44. The number of para-hydroxylation sites is 2. The number of halogens is 1. The number of rotatable bonds is 4. The van der Waals surface area contributed by atoms with E-state index < -0.39 is 0 Å². The van der Waals surface area contributed by atoms with E-state index in [9.17, 15) is 4.79 Å². The maximum Gasteiger partial charge on any atom is 0.259 e. The molecule has 0 unspecified atom stereocenters. The molecule has 0 fully saturated rings. The summed E-state index contributed by atoms with van der Waals surface area (Å²) in [5, 5.41) is 3.30. The Hall–Kier alpha value is -2.33. The standard InChI is InChI=1S/C17H16ClN3O/c1-2-11-21-15-10-6-5-9-14(15)19-17(21)20-16(22)12-7-3-4-8-13(12)18/h3-10H,2,11H2,1H3,(H,19,20,22). The highest BCUT2D eigenvalue weighted by molar-refractivity contribution is 6.34. The third kappa shape index (κ3) is 2.70. The van der Waals surface area contributed by atoms with Gasteiger partial charge in [-0.25, -0.2) is 4.98 Å². The number of aryl methyl sites for hydroxylation is 1. The number of aromatic nitrogens is 2. The zero-order chi connectivity index (χ0) is 15.5. The number of hydrogen-bond acceptors (Lipinski definition) is 2. The van der Waals surface area contributed by atoms with Gasteiger partial charge < -0.3 is 4.57 Å². The van der Waals surface area contributed by atoms with Crippen LogP contribution in [0.15, 0.2) is 48.5 Å². The molecule has 0 saturated heterocycles. The van der Waals surface area contributed by atoms with Gasteiger partial charge in [-0.1, -0.05) is 42.8 Å². The Labute approximate surface area is 133 Å². The van der Waals surface area contributed by atoms with Crippen LogP contribution in [-0.2, 0) is 6.54 Å². The Bertz CT molecular complexity index is 826. The van der Waals surface area contributed by atoms with E-state index in [1.165, 1.54) is 0 Å². The zero-order valence-electron chi connectivity index (χ0n) is 12.2. The first-order valence-corrected chi connectivity index (χ1v) is 7.59. The first kappa shape index (κ1) is 14.6. The number of nitrogens with one attached hydrogen (secondary N) is 1. The molecule has 0 aliphatic carbocycles. The highest BCUT2D eigenvalue weighted by atomic mass is 35.5. The second-order valence-corrected chi connectivity index (χ2v) is 5.42. The lowest BCUT2D eigenvalue weighted by atomic mass is 10.2. The average molecular weight is 314 g/mol. The van der Waals surface area contributed by atoms with Gasteiger partial charge in [-0.2, -0.15) is 0 Å². The molecule has 0 radical (unpaired) electrons. The van der Waals surface area contributed by atoms with E-state index >= 15 is 0 Å². The van der Waals surface area contributed by atoms with Gasteiger partial charge >= 0.3 is 0 Å². The van der Waals surface area contributed by atoms with E-state index in [-0.39, 0.29) is 5.91 Å². The molecule has 22 heavy (non-hydrogen) atoms. The molecule has 112 valence electrons. The first-order chi connectivity index (χ1) is 10.7. The van der Waals surface area contributed by atoms with Crippen molar-refractivity contribution in [1.29, 1.82) is 0 Å². The van der Waals surface area contributed by atoms with Crippen LogP contribution in [0.4, 0.5) is 5.95 Å². The third-order valence-corrected chi connectivity index (χ3v) is 3.78. The molecule has 1 N–H and O–H groups in total. The Morgan fingerprint density at radius 1 is 1.18 bits per heavy atom. The number of anilines is 1. The molecular weight excluding hydrogens is 298 g/mol. The van der Waals surface area contributed by atoms with Gasteiger partial charge in [0.2, 0.25) is 5.95 Å². The summed E-state index contributed by atoms with van der Waals surface area (Å²) in [7, 11) is 0. The van der Waals surface area contributed by atoms with Gasteiger partial charge in [0.25, 0.3) is 5.91 Å². The predicted molar refractivity (Wildman–Crippen MR) is 89.4 cm³/mol. The number of benzene rings is 2. The fraction of sp³-hybridized carbons (Fsp3) is 0.176. The van der Waals surface area contributed by atoms with Crippen LogP contribution >= 0.6 is 11.6 Å². The normalized spacial score (nSPS) is 10.8. The summed E-state index contributed by atoms with van der Waals surface area (Å²) in [6.45, 7) is 2.88. The smallest absolute Gasteiger partial charge is 0.259 e. The van der Waals surface area contributed by atoms with E-state index in [2.05, 4.69) is 17.2 Å². The van der Waals surface area contributed by atoms with Gasteiger partial charge in [0, 0.05) is 6.54 Å². The highest BCUT2D eigenvalue weighted by Crippen LogP contribution is 2.22. The van der Waals surface area contributed by atoms with E-state index in [1.807, 2.05) is 28.8 Å². The van der Waals surface area contributed by atoms with Gasteiger partial charge in [-0.3, -0.25) is 10.1 Å². The molecule has 0 atom stereocenters. The Morgan fingerprint density at radius 2 is 1.91 bits per heavy atom. The van der Waals surface area contributed by atoms with Crippen molar-refractivity contribution in [2.75, 3.05) is 5.32 Å². The second kappa shape index (κ2) is 6.20. The molecule has 1 heterocycles. The monoisotopic (exact) mass is 313 g/mol. The van der Waals surface area contributed by atoms with Crippen molar-refractivity contribution in [2.45, 2.75) is 19.9 Å². The maximum absolute atomic E-state index is 12.4. The van der Waals surface area contributed by atoms with Crippen molar-refractivity contribution in [1.82, 2.24) is 9.55 Å². The molecule has 1 aromatic heterocycles. The summed E-state index contributed by atoms with van der Waals surface area (Å²) in [6.07, 6.45) is 0.954. The molecule has 4 nitrogen and oxygen atoms in total. The lowest BCUT2D eigenvalue weighted by Gasteiger charge is -2.09. The quantitative estimate of drug-likeness (QED) is 0.778. The van der Waals surface area contributed by atoms with Crippen LogP contribution in [0, 0.1) is 0 Å². The van der Waals surface area contributed by atoms with Crippen LogP contribution in [0.1, 0.15) is 23.7 Å². The molecule has 3 rings (SSSR count). The summed E-state index contributed by atoms with van der Waals surface area (Å²) in [4.78, 5) is 16.9. The summed E-state index contributed by atoms with van der Waals surface area (Å²) < 4.78 is 2.02. The number of amides is 1. The molecular formula is C17H16ClN3O. The first-order valence-electron chi connectivity index (χ1n) is 7.22. The van der Waals surface area contributed by atoms with Crippen molar-refractivity contribution in [2.24, 2.45) is 0 Å². The largest absolute Gasteiger partial charge is 0.310 e. The van der Waals surface area contributed by atoms with Crippen molar-refractivity contribution in [3.05, 3.63) is 59.1 Å². The van der Waals surface area contributed by atoms with Crippen molar-refractivity contribution in [3.63, 3.8) is 0 Å². The number of carbonyl (C=O) groups is 1. The minimum Gasteiger partial charge on any atom is -0.310 e. The number of imidazole rings is 1. The van der Waals surface area contributed by atoms with Crippen LogP contribution < -0.4 is 5.32 Å². The van der Waals surface area contributed by atoms with Crippen LogP contribution in [0.3, 0.4) is 0 Å². The highest BCUT2D eigenvalue weighted by Gasteiger charge is 2.15. The van der Waals surface area contributed by atoms with E-state index in [4.69, 9.17) is 11.6 Å². The molecule has 0 saturated carbocycles. The van der Waals surface area contributed by atoms with Crippen LogP contribution in [0.2, 0.25) is 5.02 Å². The molecule has 0 aliphatic rings. The number of fused-ring (bicyclic) bond motifs is 1. The maximum atomic E-state index is 12.4. The number of nitrogens with zero attached hydrogens (tertiary/aromatic N) is 2. The Balaban J connectivity index is 1.98. The lowest BCUT2D eigenvalue weighted by molar-refractivity contribution is 0.102. The van der Waals surface area contributed by atoms with Gasteiger partial charge in [-0.05, 0) is 30.7 Å². The summed E-state index contributed by atoms with van der Waals surface area (Å²) >= 11 is 6.08. The van der Waals surface area contributed by atoms with Crippen LogP contribution in [-0.4, -0.2) is 15.5 Å². The molecule has 5 heteroatoms. The lowest BCUT2D eigenvalue weighted by Crippen LogP contribution is -2.16. The fourth-order valence-corrected chi connectivity index (χ4v) is 2.66. The Morgan fingerprint density at radius 3 is 2.68 bits per heavy atom. The number of carbonyl (C=O) groups excluding carboxylic acids is 1. The molecule has 0 bridgehead atoms. The van der Waals surface area contributed by atoms with E-state index in [0.29, 0.717) is 16.5 Å². The second-order valence-electron chi connectivity index (χ2n) is 5.01.